The number of nitrogens with one attached hydrogen (secondary N) is 1. The van der Waals surface area contributed by atoms with Crippen molar-refractivity contribution in [3.63, 3.8) is 0 Å². The standard InChI is InChI=1S/C7H13F2N.C2H6/c1-10-6-3-2-4-7(8,9)5-6;1-2/h6,10H,2-5H2,1H3;1-2H3. The zero-order valence-corrected chi connectivity index (χ0v) is 8.16. The third-order valence-corrected chi connectivity index (χ3v) is 2.05. The molecule has 74 valence electrons. The first-order valence-corrected chi connectivity index (χ1v) is 4.69. The van der Waals surface area contributed by atoms with E-state index in [0.29, 0.717) is 6.42 Å². The molecule has 1 fully saturated rings. The van der Waals surface area contributed by atoms with E-state index in [-0.39, 0.29) is 18.9 Å². The summed E-state index contributed by atoms with van der Waals surface area (Å²) in [5.41, 5.74) is 0. The molecule has 0 radical (unpaired) electrons. The van der Waals surface area contributed by atoms with Gasteiger partial charge in [-0.05, 0) is 19.9 Å². The highest BCUT2D eigenvalue weighted by molar-refractivity contribution is 4.81. The molecule has 3 heteroatoms. The van der Waals surface area contributed by atoms with Gasteiger partial charge in [0.2, 0.25) is 5.92 Å². The SMILES string of the molecule is CC.CNC1CCCC(F)(F)C1. The van der Waals surface area contributed by atoms with Crippen LogP contribution in [0.4, 0.5) is 8.78 Å². The van der Waals surface area contributed by atoms with E-state index >= 15 is 0 Å². The molecule has 0 aromatic carbocycles. The molecule has 1 rings (SSSR count). The quantitative estimate of drug-likeness (QED) is 0.652. The van der Waals surface area contributed by atoms with Crippen molar-refractivity contribution in [2.24, 2.45) is 0 Å². The molecule has 0 amide bonds. The van der Waals surface area contributed by atoms with Crippen molar-refractivity contribution < 1.29 is 8.78 Å². The van der Waals surface area contributed by atoms with Gasteiger partial charge in [0.15, 0.2) is 0 Å². The van der Waals surface area contributed by atoms with Crippen LogP contribution in [0.3, 0.4) is 0 Å². The Morgan fingerprint density at radius 3 is 2.25 bits per heavy atom. The molecule has 1 N–H and O–H groups in total. The molecular weight excluding hydrogens is 160 g/mol. The maximum absolute atomic E-state index is 12.6. The average molecular weight is 179 g/mol. The van der Waals surface area contributed by atoms with Gasteiger partial charge in [-0.15, -0.1) is 0 Å². The maximum Gasteiger partial charge on any atom is 0.249 e. The summed E-state index contributed by atoms with van der Waals surface area (Å²) in [5, 5.41) is 2.88. The van der Waals surface area contributed by atoms with Crippen LogP contribution in [0.25, 0.3) is 0 Å². The summed E-state index contributed by atoms with van der Waals surface area (Å²) >= 11 is 0. The highest BCUT2D eigenvalue weighted by Gasteiger charge is 2.35. The molecule has 1 aliphatic rings. The lowest BCUT2D eigenvalue weighted by molar-refractivity contribution is -0.0432. The van der Waals surface area contributed by atoms with Crippen LogP contribution in [-0.2, 0) is 0 Å². The lowest BCUT2D eigenvalue weighted by Crippen LogP contribution is -2.37. The first-order chi connectivity index (χ1) is 5.64. The third kappa shape index (κ3) is 4.00. The topological polar surface area (TPSA) is 12.0 Å². The Balaban J connectivity index is 0.000000561. The average Bonchev–Trinajstić information content (AvgIpc) is 2.06. The van der Waals surface area contributed by atoms with Crippen LogP contribution < -0.4 is 5.32 Å². The van der Waals surface area contributed by atoms with Crippen molar-refractivity contribution in [1.82, 2.24) is 5.32 Å². The minimum Gasteiger partial charge on any atom is -0.317 e. The lowest BCUT2D eigenvalue weighted by Gasteiger charge is -2.28. The van der Waals surface area contributed by atoms with Crippen molar-refractivity contribution in [1.29, 1.82) is 0 Å². The van der Waals surface area contributed by atoms with E-state index in [1.165, 1.54) is 0 Å². The Morgan fingerprint density at radius 2 is 1.92 bits per heavy atom. The van der Waals surface area contributed by atoms with Gasteiger partial charge in [0, 0.05) is 18.9 Å². The number of halogens is 2. The molecule has 1 nitrogen and oxygen atoms in total. The van der Waals surface area contributed by atoms with Crippen molar-refractivity contribution in [3.05, 3.63) is 0 Å². The molecule has 1 unspecified atom stereocenters. The summed E-state index contributed by atoms with van der Waals surface area (Å²) < 4.78 is 25.2. The van der Waals surface area contributed by atoms with Gasteiger partial charge in [0.1, 0.15) is 0 Å². The number of alkyl halides is 2. The lowest BCUT2D eigenvalue weighted by atomic mass is 9.92. The van der Waals surface area contributed by atoms with Gasteiger partial charge in [0.25, 0.3) is 0 Å². The van der Waals surface area contributed by atoms with E-state index in [9.17, 15) is 8.78 Å². The van der Waals surface area contributed by atoms with E-state index in [2.05, 4.69) is 5.32 Å². The molecule has 0 aliphatic heterocycles. The Kier molecular flexibility index (Phi) is 5.38. The summed E-state index contributed by atoms with van der Waals surface area (Å²) in [7, 11) is 1.74. The Bertz CT molecular complexity index is 115. The zero-order valence-electron chi connectivity index (χ0n) is 8.16. The fourth-order valence-corrected chi connectivity index (χ4v) is 1.42. The predicted octanol–water partition coefficient (Wildman–Crippen LogP) is 2.81. The van der Waals surface area contributed by atoms with Crippen molar-refractivity contribution in [2.75, 3.05) is 7.05 Å². The fraction of sp³-hybridized carbons (Fsp3) is 1.00. The summed E-state index contributed by atoms with van der Waals surface area (Å²) in [6.07, 6.45) is 1.64. The Hall–Kier alpha value is -0.180. The number of hydrogen-bond acceptors (Lipinski definition) is 1. The Labute approximate surface area is 73.5 Å². The van der Waals surface area contributed by atoms with E-state index < -0.39 is 5.92 Å². The van der Waals surface area contributed by atoms with Crippen molar-refractivity contribution in [2.45, 2.75) is 51.5 Å². The first kappa shape index (κ1) is 11.8. The van der Waals surface area contributed by atoms with Crippen LogP contribution in [0.15, 0.2) is 0 Å². The van der Waals surface area contributed by atoms with Crippen LogP contribution in [0.5, 0.6) is 0 Å². The van der Waals surface area contributed by atoms with E-state index in [4.69, 9.17) is 0 Å². The molecule has 12 heavy (non-hydrogen) atoms. The summed E-state index contributed by atoms with van der Waals surface area (Å²) in [6.45, 7) is 4.00. The Morgan fingerprint density at radius 1 is 1.33 bits per heavy atom. The molecule has 0 spiro atoms. The molecule has 0 aromatic rings. The molecule has 1 atom stereocenters. The van der Waals surface area contributed by atoms with Gasteiger partial charge in [0.05, 0.1) is 0 Å². The minimum absolute atomic E-state index is 0.0174. The second kappa shape index (κ2) is 5.46. The van der Waals surface area contributed by atoms with Crippen molar-refractivity contribution >= 4 is 0 Å². The second-order valence-electron chi connectivity index (χ2n) is 2.94. The van der Waals surface area contributed by atoms with Gasteiger partial charge < -0.3 is 5.32 Å². The van der Waals surface area contributed by atoms with Crippen LogP contribution in [-0.4, -0.2) is 19.0 Å². The molecule has 0 heterocycles. The van der Waals surface area contributed by atoms with Crippen LogP contribution in [0.2, 0.25) is 0 Å². The highest BCUT2D eigenvalue weighted by atomic mass is 19.3. The summed E-state index contributed by atoms with van der Waals surface area (Å²) in [5.74, 6) is -2.41. The van der Waals surface area contributed by atoms with Gasteiger partial charge >= 0.3 is 0 Å². The monoisotopic (exact) mass is 179 g/mol. The highest BCUT2D eigenvalue weighted by Crippen LogP contribution is 2.32. The van der Waals surface area contributed by atoms with Crippen LogP contribution >= 0.6 is 0 Å². The van der Waals surface area contributed by atoms with Crippen molar-refractivity contribution in [3.8, 4) is 0 Å². The normalized spacial score (nSPS) is 27.2. The maximum atomic E-state index is 12.6. The smallest absolute Gasteiger partial charge is 0.249 e. The molecule has 0 saturated heterocycles. The number of hydrogen-bond donors (Lipinski definition) is 1. The molecule has 1 aliphatic carbocycles. The second-order valence-corrected chi connectivity index (χ2v) is 2.94. The summed E-state index contributed by atoms with van der Waals surface area (Å²) in [4.78, 5) is 0. The number of rotatable bonds is 1. The van der Waals surface area contributed by atoms with Gasteiger partial charge in [-0.25, -0.2) is 8.78 Å². The minimum atomic E-state index is -2.41. The largest absolute Gasteiger partial charge is 0.317 e. The molecule has 0 aromatic heterocycles. The van der Waals surface area contributed by atoms with Crippen LogP contribution in [0.1, 0.15) is 39.5 Å². The molecule has 0 bridgehead atoms. The zero-order chi connectivity index (χ0) is 9.61. The molecule has 1 saturated carbocycles. The van der Waals surface area contributed by atoms with Gasteiger partial charge in [-0.1, -0.05) is 13.8 Å². The van der Waals surface area contributed by atoms with Crippen LogP contribution in [0, 0.1) is 0 Å². The third-order valence-electron chi connectivity index (χ3n) is 2.05. The molecular formula is C9H19F2N. The van der Waals surface area contributed by atoms with Gasteiger partial charge in [-0.2, -0.15) is 0 Å². The van der Waals surface area contributed by atoms with Gasteiger partial charge in [-0.3, -0.25) is 0 Å². The fourth-order valence-electron chi connectivity index (χ4n) is 1.42. The van der Waals surface area contributed by atoms with E-state index in [0.717, 1.165) is 6.42 Å². The summed E-state index contributed by atoms with van der Waals surface area (Å²) in [6, 6.07) is 0.0312. The predicted molar refractivity (Wildman–Crippen MR) is 47.6 cm³/mol. The first-order valence-electron chi connectivity index (χ1n) is 4.69. The van der Waals surface area contributed by atoms with E-state index in [1.54, 1.807) is 7.05 Å². The van der Waals surface area contributed by atoms with E-state index in [1.807, 2.05) is 13.8 Å².